The van der Waals surface area contributed by atoms with Gasteiger partial charge in [-0.2, -0.15) is 0 Å². The van der Waals surface area contributed by atoms with Crippen LogP contribution in [0.15, 0.2) is 53.5 Å². The van der Waals surface area contributed by atoms with E-state index in [-0.39, 0.29) is 0 Å². The highest BCUT2D eigenvalue weighted by atomic mass is 16.2. The van der Waals surface area contributed by atoms with Crippen molar-refractivity contribution in [3.8, 4) is 0 Å². The standard InChI is InChI=1S/C19H17N3O3/c1-12-7-3-5-9-15(12)20-11-14-17(23)21-19(25)22(18(14)24)16-10-6-4-8-13(16)2/h3-11,14H,1-2H3,(H,21,23,25)/t14-/m0/s1. The minimum Gasteiger partial charge on any atom is -0.276 e. The molecule has 1 saturated heterocycles. The van der Waals surface area contributed by atoms with Crippen molar-refractivity contribution >= 4 is 35.4 Å². The number of hydrogen-bond acceptors (Lipinski definition) is 4. The average Bonchev–Trinajstić information content (AvgIpc) is 2.57. The lowest BCUT2D eigenvalue weighted by Crippen LogP contribution is -2.58. The number of benzene rings is 2. The number of nitrogens with one attached hydrogen (secondary N) is 1. The SMILES string of the molecule is Cc1ccccc1N=C[C@H]1C(=O)NC(=O)N(c2ccccc2C)C1=O. The molecule has 0 radical (unpaired) electrons. The van der Waals surface area contributed by atoms with Crippen molar-refractivity contribution < 1.29 is 14.4 Å². The Morgan fingerprint density at radius 2 is 1.60 bits per heavy atom. The Kier molecular flexibility index (Phi) is 4.43. The van der Waals surface area contributed by atoms with Gasteiger partial charge in [0, 0.05) is 6.21 Å². The maximum atomic E-state index is 12.8. The van der Waals surface area contributed by atoms with Crippen molar-refractivity contribution in [1.29, 1.82) is 0 Å². The first-order chi connectivity index (χ1) is 12.0. The van der Waals surface area contributed by atoms with Crippen molar-refractivity contribution in [1.82, 2.24) is 5.32 Å². The van der Waals surface area contributed by atoms with Gasteiger partial charge in [0.2, 0.25) is 5.91 Å². The summed E-state index contributed by atoms with van der Waals surface area (Å²) in [6.45, 7) is 3.68. The molecule has 0 aromatic heterocycles. The molecule has 1 aliphatic heterocycles. The highest BCUT2D eigenvalue weighted by Gasteiger charge is 2.40. The average molecular weight is 335 g/mol. The second-order valence-electron chi connectivity index (χ2n) is 5.80. The number of amides is 4. The smallest absolute Gasteiger partial charge is 0.276 e. The van der Waals surface area contributed by atoms with E-state index in [0.29, 0.717) is 11.4 Å². The van der Waals surface area contributed by atoms with E-state index < -0.39 is 23.8 Å². The molecule has 126 valence electrons. The molecule has 1 atom stereocenters. The predicted molar refractivity (Wildman–Crippen MR) is 95.0 cm³/mol. The van der Waals surface area contributed by atoms with E-state index in [4.69, 9.17) is 0 Å². The minimum absolute atomic E-state index is 0.451. The van der Waals surface area contributed by atoms with Crippen LogP contribution in [-0.2, 0) is 9.59 Å². The predicted octanol–water partition coefficient (Wildman–Crippen LogP) is 2.90. The number of barbiturate groups is 1. The van der Waals surface area contributed by atoms with Gasteiger partial charge >= 0.3 is 6.03 Å². The number of aliphatic imine (C=N–C) groups is 1. The van der Waals surface area contributed by atoms with Crippen LogP contribution in [0.25, 0.3) is 0 Å². The van der Waals surface area contributed by atoms with Gasteiger partial charge in [-0.3, -0.25) is 19.9 Å². The quantitative estimate of drug-likeness (QED) is 0.692. The van der Waals surface area contributed by atoms with E-state index >= 15 is 0 Å². The van der Waals surface area contributed by atoms with Gasteiger partial charge in [0.05, 0.1) is 11.4 Å². The van der Waals surface area contributed by atoms with Crippen molar-refractivity contribution in [3.63, 3.8) is 0 Å². The molecule has 0 spiro atoms. The number of aryl methyl sites for hydroxylation is 2. The summed E-state index contributed by atoms with van der Waals surface area (Å²) in [5, 5.41) is 2.22. The molecule has 2 aromatic carbocycles. The normalized spacial score (nSPS) is 17.9. The number of nitrogens with zero attached hydrogens (tertiary/aromatic N) is 2. The summed E-state index contributed by atoms with van der Waals surface area (Å²) in [6, 6.07) is 13.6. The fraction of sp³-hybridized carbons (Fsp3) is 0.158. The molecule has 25 heavy (non-hydrogen) atoms. The van der Waals surface area contributed by atoms with E-state index in [0.717, 1.165) is 16.0 Å². The van der Waals surface area contributed by atoms with Gasteiger partial charge in [-0.25, -0.2) is 9.69 Å². The third kappa shape index (κ3) is 3.19. The molecule has 1 fully saturated rings. The number of carbonyl (C=O) groups excluding carboxylic acids is 3. The number of para-hydroxylation sites is 2. The van der Waals surface area contributed by atoms with Gasteiger partial charge in [0.1, 0.15) is 0 Å². The summed E-state index contributed by atoms with van der Waals surface area (Å²) in [6.07, 6.45) is 1.29. The van der Waals surface area contributed by atoms with Crippen LogP contribution in [0.1, 0.15) is 11.1 Å². The van der Waals surface area contributed by atoms with Gasteiger partial charge in [-0.05, 0) is 37.1 Å². The highest BCUT2D eigenvalue weighted by molar-refractivity contribution is 6.32. The van der Waals surface area contributed by atoms with Crippen LogP contribution in [0.4, 0.5) is 16.2 Å². The Balaban J connectivity index is 1.94. The van der Waals surface area contributed by atoms with Gasteiger partial charge in [-0.1, -0.05) is 36.4 Å². The molecule has 2 aromatic rings. The summed E-state index contributed by atoms with van der Waals surface area (Å²) in [5.41, 5.74) is 2.80. The molecule has 1 aliphatic rings. The monoisotopic (exact) mass is 335 g/mol. The van der Waals surface area contributed by atoms with Crippen LogP contribution < -0.4 is 10.2 Å². The fourth-order valence-electron chi connectivity index (χ4n) is 2.63. The zero-order valence-corrected chi connectivity index (χ0v) is 13.9. The molecule has 6 nitrogen and oxygen atoms in total. The number of rotatable bonds is 3. The van der Waals surface area contributed by atoms with Crippen LogP contribution in [-0.4, -0.2) is 24.1 Å². The van der Waals surface area contributed by atoms with E-state index in [1.807, 2.05) is 31.2 Å². The summed E-state index contributed by atoms with van der Waals surface area (Å²) in [7, 11) is 0. The molecule has 4 amide bonds. The molecular formula is C19H17N3O3. The number of hydrogen-bond donors (Lipinski definition) is 1. The first-order valence-electron chi connectivity index (χ1n) is 7.83. The zero-order chi connectivity index (χ0) is 18.0. The number of carbonyl (C=O) groups is 3. The number of imide groups is 2. The second kappa shape index (κ2) is 6.68. The van der Waals surface area contributed by atoms with Crippen molar-refractivity contribution in [2.75, 3.05) is 4.90 Å². The van der Waals surface area contributed by atoms with Crippen LogP contribution in [0, 0.1) is 19.8 Å². The third-order valence-corrected chi connectivity index (χ3v) is 4.04. The van der Waals surface area contributed by atoms with Gasteiger partial charge in [0.25, 0.3) is 5.91 Å². The Labute approximate surface area is 145 Å². The van der Waals surface area contributed by atoms with Crippen LogP contribution in [0.3, 0.4) is 0 Å². The fourth-order valence-corrected chi connectivity index (χ4v) is 2.63. The van der Waals surface area contributed by atoms with Crippen molar-refractivity contribution in [3.05, 3.63) is 59.7 Å². The van der Waals surface area contributed by atoms with Crippen molar-refractivity contribution in [2.45, 2.75) is 13.8 Å². The molecule has 0 aliphatic carbocycles. The van der Waals surface area contributed by atoms with E-state index in [1.165, 1.54) is 6.21 Å². The van der Waals surface area contributed by atoms with E-state index in [2.05, 4.69) is 10.3 Å². The largest absolute Gasteiger partial charge is 0.335 e. The molecule has 0 saturated carbocycles. The van der Waals surface area contributed by atoms with Crippen LogP contribution in [0.5, 0.6) is 0 Å². The summed E-state index contributed by atoms with van der Waals surface area (Å²) in [5.74, 6) is -2.44. The van der Waals surface area contributed by atoms with Gasteiger partial charge in [0.15, 0.2) is 5.92 Å². The molecule has 3 rings (SSSR count). The van der Waals surface area contributed by atoms with Crippen LogP contribution in [0.2, 0.25) is 0 Å². The highest BCUT2D eigenvalue weighted by Crippen LogP contribution is 2.24. The van der Waals surface area contributed by atoms with Gasteiger partial charge in [-0.15, -0.1) is 0 Å². The second-order valence-corrected chi connectivity index (χ2v) is 5.80. The lowest BCUT2D eigenvalue weighted by molar-refractivity contribution is -0.131. The molecule has 0 unspecified atom stereocenters. The topological polar surface area (TPSA) is 78.8 Å². The summed E-state index contributed by atoms with van der Waals surface area (Å²) >= 11 is 0. The summed E-state index contributed by atoms with van der Waals surface area (Å²) in [4.78, 5) is 42.3. The first-order valence-corrected chi connectivity index (χ1v) is 7.83. The zero-order valence-electron chi connectivity index (χ0n) is 13.9. The Morgan fingerprint density at radius 1 is 0.960 bits per heavy atom. The molecule has 0 bridgehead atoms. The summed E-state index contributed by atoms with van der Waals surface area (Å²) < 4.78 is 0. The Morgan fingerprint density at radius 3 is 2.28 bits per heavy atom. The number of anilines is 1. The lowest BCUT2D eigenvalue weighted by Gasteiger charge is -2.29. The molecule has 1 heterocycles. The minimum atomic E-state index is -1.16. The Bertz CT molecular complexity index is 889. The molecule has 1 N–H and O–H groups in total. The number of urea groups is 1. The molecule has 6 heteroatoms. The Hall–Kier alpha value is -3.28. The van der Waals surface area contributed by atoms with Gasteiger partial charge < -0.3 is 0 Å². The lowest BCUT2D eigenvalue weighted by atomic mass is 10.0. The molecular weight excluding hydrogens is 318 g/mol. The van der Waals surface area contributed by atoms with E-state index in [1.54, 1.807) is 31.2 Å². The van der Waals surface area contributed by atoms with Crippen molar-refractivity contribution in [2.24, 2.45) is 10.9 Å². The van der Waals surface area contributed by atoms with E-state index in [9.17, 15) is 14.4 Å². The van der Waals surface area contributed by atoms with Crippen LogP contribution >= 0.6 is 0 Å². The first kappa shape index (κ1) is 16.6. The maximum absolute atomic E-state index is 12.8. The third-order valence-electron chi connectivity index (χ3n) is 4.04. The maximum Gasteiger partial charge on any atom is 0.335 e.